The van der Waals surface area contributed by atoms with Gasteiger partial charge in [-0.1, -0.05) is 56.7 Å². The van der Waals surface area contributed by atoms with E-state index in [1.165, 1.54) is 5.56 Å². The van der Waals surface area contributed by atoms with Gasteiger partial charge in [-0.3, -0.25) is 16.3 Å². The van der Waals surface area contributed by atoms with Crippen LogP contribution in [0.2, 0.25) is 0 Å². The molecule has 3 heteroatoms. The predicted molar refractivity (Wildman–Crippen MR) is 87.7 cm³/mol. The Morgan fingerprint density at radius 3 is 2.43 bits per heavy atom. The molecule has 3 atom stereocenters. The van der Waals surface area contributed by atoms with Crippen molar-refractivity contribution in [2.24, 2.45) is 11.8 Å². The Hall–Kier alpha value is -1.71. The summed E-state index contributed by atoms with van der Waals surface area (Å²) in [5, 5.41) is 0. The van der Waals surface area contributed by atoms with Crippen molar-refractivity contribution < 1.29 is 0 Å². The highest BCUT2D eigenvalue weighted by Gasteiger charge is 2.28. The zero-order chi connectivity index (χ0) is 15.2. The predicted octanol–water partition coefficient (Wildman–Crippen LogP) is 3.72. The average molecular weight is 283 g/mol. The van der Waals surface area contributed by atoms with Crippen molar-refractivity contribution in [2.75, 3.05) is 0 Å². The van der Waals surface area contributed by atoms with Crippen molar-refractivity contribution in [1.29, 1.82) is 0 Å². The fourth-order valence-corrected chi connectivity index (χ4v) is 2.93. The molecule has 0 aliphatic carbocycles. The van der Waals surface area contributed by atoms with Crippen LogP contribution in [-0.4, -0.2) is 4.98 Å². The normalized spacial score (nSPS) is 15.4. The third-order valence-corrected chi connectivity index (χ3v) is 4.24. The molecule has 0 amide bonds. The molecule has 3 unspecified atom stereocenters. The molecule has 2 aromatic rings. The van der Waals surface area contributed by atoms with Crippen molar-refractivity contribution in [3.05, 3.63) is 65.5 Å². The van der Waals surface area contributed by atoms with Gasteiger partial charge in [-0.25, -0.2) is 0 Å². The van der Waals surface area contributed by atoms with Gasteiger partial charge < -0.3 is 0 Å². The standard InChI is InChI=1S/C18H25N3/c1-4-14(3)17(15-8-6-5-7-9-15)18(21-19)16-10-13(2)11-20-12-16/h5-12,14,17-18,21H,4,19H2,1-3H3. The largest absolute Gasteiger partial charge is 0.271 e. The Balaban J connectivity index is 2.43. The van der Waals surface area contributed by atoms with E-state index < -0.39 is 0 Å². The van der Waals surface area contributed by atoms with E-state index >= 15 is 0 Å². The Bertz CT molecular complexity index is 553. The number of aryl methyl sites for hydroxylation is 1. The zero-order valence-electron chi connectivity index (χ0n) is 13.1. The molecular weight excluding hydrogens is 258 g/mol. The molecular formula is C18H25N3. The monoisotopic (exact) mass is 283 g/mol. The molecule has 3 N–H and O–H groups in total. The highest BCUT2D eigenvalue weighted by molar-refractivity contribution is 5.28. The molecule has 1 heterocycles. The van der Waals surface area contributed by atoms with Gasteiger partial charge in [0.15, 0.2) is 0 Å². The van der Waals surface area contributed by atoms with Crippen LogP contribution in [0.3, 0.4) is 0 Å². The minimum atomic E-state index is 0.0646. The summed E-state index contributed by atoms with van der Waals surface area (Å²) in [4.78, 5) is 4.32. The van der Waals surface area contributed by atoms with E-state index in [9.17, 15) is 0 Å². The van der Waals surface area contributed by atoms with Gasteiger partial charge in [0.1, 0.15) is 0 Å². The van der Waals surface area contributed by atoms with E-state index in [1.807, 2.05) is 12.4 Å². The van der Waals surface area contributed by atoms with Gasteiger partial charge in [0.2, 0.25) is 0 Å². The van der Waals surface area contributed by atoms with Gasteiger partial charge in [-0.2, -0.15) is 0 Å². The fourth-order valence-electron chi connectivity index (χ4n) is 2.93. The number of nitrogens with two attached hydrogens (primary N) is 1. The van der Waals surface area contributed by atoms with E-state index in [0.717, 1.165) is 17.5 Å². The van der Waals surface area contributed by atoms with Crippen molar-refractivity contribution >= 4 is 0 Å². The van der Waals surface area contributed by atoms with Crippen LogP contribution >= 0.6 is 0 Å². The van der Waals surface area contributed by atoms with Crippen LogP contribution in [0, 0.1) is 12.8 Å². The van der Waals surface area contributed by atoms with Crippen molar-refractivity contribution in [1.82, 2.24) is 10.4 Å². The first-order valence-corrected chi connectivity index (χ1v) is 7.60. The van der Waals surface area contributed by atoms with E-state index in [2.05, 4.69) is 67.6 Å². The van der Waals surface area contributed by atoms with Gasteiger partial charge in [-0.15, -0.1) is 0 Å². The molecule has 0 aliphatic heterocycles. The molecule has 0 fully saturated rings. The minimum Gasteiger partial charge on any atom is -0.271 e. The summed E-state index contributed by atoms with van der Waals surface area (Å²) < 4.78 is 0. The van der Waals surface area contributed by atoms with E-state index in [4.69, 9.17) is 5.84 Å². The lowest BCUT2D eigenvalue weighted by atomic mass is 9.78. The molecule has 3 nitrogen and oxygen atoms in total. The third-order valence-electron chi connectivity index (χ3n) is 4.24. The van der Waals surface area contributed by atoms with Gasteiger partial charge in [0.25, 0.3) is 0 Å². The number of aromatic nitrogens is 1. The quantitative estimate of drug-likeness (QED) is 0.627. The molecule has 21 heavy (non-hydrogen) atoms. The number of nitrogens with one attached hydrogen (secondary N) is 1. The topological polar surface area (TPSA) is 50.9 Å². The lowest BCUT2D eigenvalue weighted by Gasteiger charge is -2.32. The molecule has 0 bridgehead atoms. The molecule has 0 aliphatic rings. The number of pyridine rings is 1. The van der Waals surface area contributed by atoms with Crippen LogP contribution in [0.4, 0.5) is 0 Å². The van der Waals surface area contributed by atoms with E-state index in [1.54, 1.807) is 0 Å². The zero-order valence-corrected chi connectivity index (χ0v) is 13.1. The first-order valence-electron chi connectivity index (χ1n) is 7.60. The number of benzene rings is 1. The second-order valence-electron chi connectivity index (χ2n) is 5.76. The Kier molecular flexibility index (Phi) is 5.48. The average Bonchev–Trinajstić information content (AvgIpc) is 2.52. The summed E-state index contributed by atoms with van der Waals surface area (Å²) in [5.41, 5.74) is 6.64. The highest BCUT2D eigenvalue weighted by Crippen LogP contribution is 2.37. The summed E-state index contributed by atoms with van der Waals surface area (Å²) in [5.74, 6) is 6.75. The maximum Gasteiger partial charge on any atom is 0.0546 e. The SMILES string of the molecule is CCC(C)C(c1ccccc1)C(NN)c1cncc(C)c1. The van der Waals surface area contributed by atoms with Crippen LogP contribution in [0.1, 0.15) is 48.9 Å². The maximum atomic E-state index is 5.91. The van der Waals surface area contributed by atoms with Crippen LogP contribution in [-0.2, 0) is 0 Å². The van der Waals surface area contributed by atoms with Gasteiger partial charge in [0.05, 0.1) is 6.04 Å². The molecule has 0 saturated heterocycles. The van der Waals surface area contributed by atoms with Crippen LogP contribution < -0.4 is 11.3 Å². The molecule has 112 valence electrons. The molecule has 2 rings (SSSR count). The van der Waals surface area contributed by atoms with Gasteiger partial charge in [-0.05, 0) is 29.5 Å². The van der Waals surface area contributed by atoms with E-state index in [-0.39, 0.29) is 6.04 Å². The molecule has 0 radical (unpaired) electrons. The van der Waals surface area contributed by atoms with Gasteiger partial charge >= 0.3 is 0 Å². The second kappa shape index (κ2) is 7.34. The highest BCUT2D eigenvalue weighted by atomic mass is 15.2. The Morgan fingerprint density at radius 2 is 1.86 bits per heavy atom. The summed E-state index contributed by atoms with van der Waals surface area (Å²) >= 11 is 0. The third kappa shape index (κ3) is 3.69. The Labute approximate surface area is 127 Å². The molecule has 0 spiro atoms. The lowest BCUT2D eigenvalue weighted by Crippen LogP contribution is -2.35. The Morgan fingerprint density at radius 1 is 1.14 bits per heavy atom. The molecule has 0 saturated carbocycles. The molecule has 1 aromatic heterocycles. The number of nitrogens with zero attached hydrogens (tertiary/aromatic N) is 1. The first-order chi connectivity index (χ1) is 10.2. The van der Waals surface area contributed by atoms with Crippen molar-refractivity contribution in [3.63, 3.8) is 0 Å². The summed E-state index contributed by atoms with van der Waals surface area (Å²) in [6.45, 7) is 6.57. The lowest BCUT2D eigenvalue weighted by molar-refractivity contribution is 0.342. The molecule has 1 aromatic carbocycles. The van der Waals surface area contributed by atoms with Crippen LogP contribution in [0.5, 0.6) is 0 Å². The fraction of sp³-hybridized carbons (Fsp3) is 0.389. The number of rotatable bonds is 6. The van der Waals surface area contributed by atoms with Gasteiger partial charge in [0, 0.05) is 18.3 Å². The van der Waals surface area contributed by atoms with E-state index in [0.29, 0.717) is 11.8 Å². The summed E-state index contributed by atoms with van der Waals surface area (Å²) in [6.07, 6.45) is 4.89. The van der Waals surface area contributed by atoms with Crippen LogP contribution in [0.25, 0.3) is 0 Å². The number of hydrazine groups is 1. The smallest absolute Gasteiger partial charge is 0.0546 e. The minimum absolute atomic E-state index is 0.0646. The maximum absolute atomic E-state index is 5.91. The number of hydrogen-bond donors (Lipinski definition) is 2. The second-order valence-corrected chi connectivity index (χ2v) is 5.76. The summed E-state index contributed by atoms with van der Waals surface area (Å²) in [6, 6.07) is 12.8. The summed E-state index contributed by atoms with van der Waals surface area (Å²) in [7, 11) is 0. The van der Waals surface area contributed by atoms with Crippen molar-refractivity contribution in [3.8, 4) is 0 Å². The first kappa shape index (κ1) is 15.7. The van der Waals surface area contributed by atoms with Crippen molar-refractivity contribution in [2.45, 2.75) is 39.2 Å². The van der Waals surface area contributed by atoms with Crippen LogP contribution in [0.15, 0.2) is 48.8 Å². The number of hydrogen-bond acceptors (Lipinski definition) is 3.